The highest BCUT2D eigenvalue weighted by atomic mass is 32.2. The van der Waals surface area contributed by atoms with Crippen LogP contribution in [0.15, 0.2) is 63.2 Å². The van der Waals surface area contributed by atoms with E-state index < -0.39 is 10.0 Å². The largest absolute Gasteiger partial charge is 0.490 e. The van der Waals surface area contributed by atoms with E-state index in [1.807, 2.05) is 31.2 Å². The number of hydrogen-bond donors (Lipinski definition) is 1. The van der Waals surface area contributed by atoms with Crippen molar-refractivity contribution in [2.24, 2.45) is 0 Å². The van der Waals surface area contributed by atoms with Crippen LogP contribution in [0.5, 0.6) is 5.75 Å². The fourth-order valence-electron chi connectivity index (χ4n) is 3.90. The topological polar surface area (TPSA) is 102 Å². The lowest BCUT2D eigenvalue weighted by Crippen LogP contribution is -2.27. The number of amides is 1. The van der Waals surface area contributed by atoms with E-state index in [9.17, 15) is 13.2 Å². The maximum atomic E-state index is 12.7. The second-order valence-corrected chi connectivity index (χ2v) is 10.6. The molecule has 1 aliphatic heterocycles. The molecule has 1 fully saturated rings. The van der Waals surface area contributed by atoms with Crippen LogP contribution < -0.4 is 10.1 Å². The van der Waals surface area contributed by atoms with Gasteiger partial charge < -0.3 is 9.15 Å². The van der Waals surface area contributed by atoms with E-state index >= 15 is 0 Å². The van der Waals surface area contributed by atoms with E-state index in [0.717, 1.165) is 18.2 Å². The Morgan fingerprint density at radius 1 is 1.18 bits per heavy atom. The first-order valence-electron chi connectivity index (χ1n) is 11.0. The second-order valence-electron chi connectivity index (χ2n) is 7.85. The van der Waals surface area contributed by atoms with E-state index in [1.165, 1.54) is 39.9 Å². The van der Waals surface area contributed by atoms with Gasteiger partial charge in [-0.3, -0.25) is 10.1 Å². The summed E-state index contributed by atoms with van der Waals surface area (Å²) in [5.74, 6) is 0.884. The van der Waals surface area contributed by atoms with Gasteiger partial charge in [0.2, 0.25) is 10.0 Å². The van der Waals surface area contributed by atoms with E-state index in [-0.39, 0.29) is 10.8 Å². The van der Waals surface area contributed by atoms with Gasteiger partial charge in [-0.2, -0.15) is 4.31 Å². The summed E-state index contributed by atoms with van der Waals surface area (Å²) in [6.45, 7) is 3.52. The molecule has 1 saturated heterocycles. The number of hydrogen-bond acceptors (Lipinski definition) is 7. The Hall–Kier alpha value is -3.21. The third kappa shape index (κ3) is 4.31. The molecule has 8 nitrogen and oxygen atoms in total. The number of aromatic nitrogens is 1. The van der Waals surface area contributed by atoms with Crippen molar-refractivity contribution in [1.29, 1.82) is 0 Å². The number of fused-ring (bicyclic) bond motifs is 1. The molecule has 2 aromatic heterocycles. The van der Waals surface area contributed by atoms with Gasteiger partial charge in [0.15, 0.2) is 22.2 Å². The van der Waals surface area contributed by atoms with Crippen LogP contribution in [0.3, 0.4) is 0 Å². The number of thiazole rings is 1. The number of nitrogens with zero attached hydrogens (tertiary/aromatic N) is 2. The van der Waals surface area contributed by atoms with Crippen LogP contribution in [0.4, 0.5) is 5.13 Å². The Labute approximate surface area is 201 Å². The molecule has 0 bridgehead atoms. The van der Waals surface area contributed by atoms with Gasteiger partial charge in [0, 0.05) is 29.4 Å². The number of ether oxygens (including phenoxy) is 1. The molecule has 2 aromatic carbocycles. The Bertz CT molecular complexity index is 1440. The monoisotopic (exact) mass is 497 g/mol. The van der Waals surface area contributed by atoms with Crippen LogP contribution in [0.2, 0.25) is 0 Å². The van der Waals surface area contributed by atoms with Gasteiger partial charge in [-0.15, -0.1) is 11.3 Å². The zero-order valence-corrected chi connectivity index (χ0v) is 20.1. The predicted molar refractivity (Wildman–Crippen MR) is 131 cm³/mol. The van der Waals surface area contributed by atoms with Gasteiger partial charge in [-0.25, -0.2) is 13.4 Å². The van der Waals surface area contributed by atoms with Gasteiger partial charge >= 0.3 is 0 Å². The average molecular weight is 498 g/mol. The third-order valence-corrected chi connectivity index (χ3v) is 8.27. The number of nitrogens with one attached hydrogen (secondary N) is 1. The molecule has 0 saturated carbocycles. The highest BCUT2D eigenvalue weighted by Gasteiger charge is 2.27. The lowest BCUT2D eigenvalue weighted by Gasteiger charge is -2.15. The van der Waals surface area contributed by atoms with Crippen LogP contribution in [0.25, 0.3) is 22.4 Å². The van der Waals surface area contributed by atoms with Crippen molar-refractivity contribution in [3.8, 4) is 17.2 Å². The average Bonchev–Trinajstić information content (AvgIpc) is 3.60. The molecule has 0 unspecified atom stereocenters. The zero-order valence-electron chi connectivity index (χ0n) is 18.5. The minimum Gasteiger partial charge on any atom is -0.490 e. The molecule has 34 heavy (non-hydrogen) atoms. The van der Waals surface area contributed by atoms with E-state index in [1.54, 1.807) is 5.38 Å². The summed E-state index contributed by atoms with van der Waals surface area (Å²) in [4.78, 5) is 17.4. The van der Waals surface area contributed by atoms with Crippen LogP contribution in [0.1, 0.15) is 30.1 Å². The maximum absolute atomic E-state index is 12.7. The Balaban J connectivity index is 1.31. The quantitative estimate of drug-likeness (QED) is 0.386. The number of sulfonamides is 1. The number of carbonyl (C=O) groups excluding carboxylic acids is 1. The predicted octanol–water partition coefficient (Wildman–Crippen LogP) is 4.99. The van der Waals surface area contributed by atoms with E-state index in [2.05, 4.69) is 10.3 Å². The molecule has 4 aromatic rings. The van der Waals surface area contributed by atoms with Crippen molar-refractivity contribution >= 4 is 43.4 Å². The fourth-order valence-corrected chi connectivity index (χ4v) is 6.11. The number of anilines is 1. The molecule has 5 rings (SSSR count). The molecule has 0 atom stereocenters. The number of carbonyl (C=O) groups is 1. The van der Waals surface area contributed by atoms with Crippen molar-refractivity contribution < 1.29 is 22.4 Å². The summed E-state index contributed by atoms with van der Waals surface area (Å²) in [7, 11) is -3.51. The number of para-hydroxylation sites is 1. The van der Waals surface area contributed by atoms with Crippen molar-refractivity contribution in [2.45, 2.75) is 24.7 Å². The first kappa shape index (κ1) is 22.6. The molecule has 3 heterocycles. The fraction of sp³-hybridized carbons (Fsp3) is 0.250. The Morgan fingerprint density at radius 2 is 1.94 bits per heavy atom. The highest BCUT2D eigenvalue weighted by Crippen LogP contribution is 2.34. The lowest BCUT2D eigenvalue weighted by atomic mass is 10.2. The first-order chi connectivity index (χ1) is 16.5. The van der Waals surface area contributed by atoms with E-state index in [4.69, 9.17) is 9.15 Å². The molecule has 1 N–H and O–H groups in total. The Kier molecular flexibility index (Phi) is 6.11. The van der Waals surface area contributed by atoms with E-state index in [0.29, 0.717) is 53.2 Å². The van der Waals surface area contributed by atoms with Crippen LogP contribution in [-0.4, -0.2) is 43.3 Å². The molecule has 1 aliphatic rings. The molecule has 1 amide bonds. The van der Waals surface area contributed by atoms with Gasteiger partial charge in [-0.1, -0.05) is 12.1 Å². The smallest absolute Gasteiger partial charge is 0.257 e. The van der Waals surface area contributed by atoms with Gasteiger partial charge in [0.25, 0.3) is 5.91 Å². The normalized spacial score (nSPS) is 14.5. The first-order valence-corrected chi connectivity index (χ1v) is 13.3. The third-order valence-electron chi connectivity index (χ3n) is 5.60. The Morgan fingerprint density at radius 3 is 2.68 bits per heavy atom. The van der Waals surface area contributed by atoms with Gasteiger partial charge in [-0.05, 0) is 56.2 Å². The zero-order chi connectivity index (χ0) is 23.7. The molecule has 0 spiro atoms. The summed E-state index contributed by atoms with van der Waals surface area (Å²) < 4.78 is 38.4. The maximum Gasteiger partial charge on any atom is 0.257 e. The van der Waals surface area contributed by atoms with Crippen LogP contribution in [-0.2, 0) is 10.0 Å². The van der Waals surface area contributed by atoms with Gasteiger partial charge in [0.1, 0.15) is 5.69 Å². The number of furan rings is 1. The minimum atomic E-state index is -3.51. The summed E-state index contributed by atoms with van der Waals surface area (Å²) in [6, 6.07) is 13.6. The second kappa shape index (κ2) is 9.21. The number of benzene rings is 2. The molecule has 0 aliphatic carbocycles. The summed E-state index contributed by atoms with van der Waals surface area (Å²) in [5, 5.41) is 5.90. The summed E-state index contributed by atoms with van der Waals surface area (Å²) in [6.07, 6.45) is 1.74. The molecule has 0 radical (unpaired) electrons. The SMILES string of the molecule is CCOc1cccc2cc(-c3csc(NC(=O)c4ccc(S(=O)(=O)N5CCCC5)cc4)n3)oc12. The summed E-state index contributed by atoms with van der Waals surface area (Å²) >= 11 is 1.28. The van der Waals surface area contributed by atoms with Crippen molar-refractivity contribution in [3.05, 3.63) is 59.5 Å². The summed E-state index contributed by atoms with van der Waals surface area (Å²) in [5.41, 5.74) is 1.61. The van der Waals surface area contributed by atoms with Crippen molar-refractivity contribution in [1.82, 2.24) is 9.29 Å². The molecule has 10 heteroatoms. The van der Waals surface area contributed by atoms with Gasteiger partial charge in [0.05, 0.1) is 11.5 Å². The van der Waals surface area contributed by atoms with Crippen LogP contribution in [0, 0.1) is 0 Å². The standard InChI is InChI=1S/C24H23N3O5S2/c1-2-31-20-7-5-6-17-14-21(32-22(17)20)19-15-33-24(25-19)26-23(28)16-8-10-18(11-9-16)34(29,30)27-12-3-4-13-27/h5-11,14-15H,2-4,12-13H2,1H3,(H,25,26,28). The lowest BCUT2D eigenvalue weighted by molar-refractivity contribution is 0.102. The highest BCUT2D eigenvalue weighted by molar-refractivity contribution is 7.89. The molecule has 176 valence electrons. The molecular formula is C24H23N3O5S2. The van der Waals surface area contributed by atoms with Crippen LogP contribution >= 0.6 is 11.3 Å². The van der Waals surface area contributed by atoms with Crippen molar-refractivity contribution in [2.75, 3.05) is 25.0 Å². The molecular weight excluding hydrogens is 474 g/mol. The number of rotatable bonds is 7. The van der Waals surface area contributed by atoms with Crippen molar-refractivity contribution in [3.63, 3.8) is 0 Å². The minimum absolute atomic E-state index is 0.193.